The molecule has 88 valence electrons. The quantitative estimate of drug-likeness (QED) is 0.842. The van der Waals surface area contributed by atoms with Crippen molar-refractivity contribution in [3.63, 3.8) is 0 Å². The fourth-order valence-electron chi connectivity index (χ4n) is 1.65. The van der Waals surface area contributed by atoms with E-state index in [9.17, 15) is 0 Å². The van der Waals surface area contributed by atoms with Gasteiger partial charge < -0.3 is 10.6 Å². The third kappa shape index (κ3) is 2.75. The Bertz CT molecular complexity index is 521. The zero-order valence-electron chi connectivity index (χ0n) is 10.4. The molecule has 2 rings (SSSR count). The zero-order valence-corrected chi connectivity index (χ0v) is 10.4. The minimum absolute atomic E-state index is 0.852. The summed E-state index contributed by atoms with van der Waals surface area (Å²) < 4.78 is 0. The van der Waals surface area contributed by atoms with E-state index in [1.807, 2.05) is 25.2 Å². The van der Waals surface area contributed by atoms with Crippen LogP contribution in [0, 0.1) is 13.8 Å². The minimum atomic E-state index is 0.852. The maximum Gasteiger partial charge on any atom is 0.132 e. The van der Waals surface area contributed by atoms with Crippen LogP contribution in [0.5, 0.6) is 0 Å². The summed E-state index contributed by atoms with van der Waals surface area (Å²) in [6.07, 6.45) is 0. The Morgan fingerprint density at radius 3 is 2.53 bits per heavy atom. The first-order valence-electron chi connectivity index (χ1n) is 5.68. The lowest BCUT2D eigenvalue weighted by Gasteiger charge is -2.10. The van der Waals surface area contributed by atoms with Crippen molar-refractivity contribution in [3.8, 4) is 0 Å². The van der Waals surface area contributed by atoms with Crippen LogP contribution in [0.25, 0.3) is 0 Å². The molecule has 2 N–H and O–H groups in total. The van der Waals surface area contributed by atoms with E-state index < -0.39 is 0 Å². The predicted molar refractivity (Wildman–Crippen MR) is 73.0 cm³/mol. The van der Waals surface area contributed by atoms with Crippen molar-refractivity contribution in [3.05, 3.63) is 47.5 Å². The van der Waals surface area contributed by atoms with Crippen LogP contribution in [0.4, 0.5) is 17.3 Å². The molecule has 0 atom stereocenters. The van der Waals surface area contributed by atoms with Gasteiger partial charge >= 0.3 is 0 Å². The third-order valence-corrected chi connectivity index (χ3v) is 2.66. The molecule has 0 fully saturated rings. The maximum absolute atomic E-state index is 4.44. The number of anilines is 3. The van der Waals surface area contributed by atoms with Gasteiger partial charge in [0.2, 0.25) is 0 Å². The van der Waals surface area contributed by atoms with Gasteiger partial charge in [-0.1, -0.05) is 18.2 Å². The zero-order chi connectivity index (χ0) is 12.3. The van der Waals surface area contributed by atoms with E-state index in [0.29, 0.717) is 0 Å². The molecule has 0 radical (unpaired) electrons. The molecule has 0 amide bonds. The molecule has 3 heteroatoms. The molecule has 0 unspecified atom stereocenters. The van der Waals surface area contributed by atoms with Gasteiger partial charge in [-0.15, -0.1) is 0 Å². The second-order valence-electron chi connectivity index (χ2n) is 4.10. The van der Waals surface area contributed by atoms with Gasteiger partial charge in [-0.05, 0) is 43.2 Å². The highest BCUT2D eigenvalue weighted by molar-refractivity contribution is 5.62. The van der Waals surface area contributed by atoms with Gasteiger partial charge in [-0.2, -0.15) is 0 Å². The molecule has 0 aliphatic rings. The SMILES string of the molecule is CNc1cccc(Nc2cc(C)ccc2C)n1. The number of pyridine rings is 1. The standard InChI is InChI=1S/C14H17N3/c1-10-7-8-11(2)12(9-10)16-14-6-4-5-13(15-3)17-14/h4-9H,1-3H3,(H2,15,16,17). The van der Waals surface area contributed by atoms with Crippen molar-refractivity contribution >= 4 is 17.3 Å². The Kier molecular flexibility index (Phi) is 3.28. The highest BCUT2D eigenvalue weighted by Gasteiger charge is 2.01. The summed E-state index contributed by atoms with van der Waals surface area (Å²) in [5.41, 5.74) is 3.56. The second kappa shape index (κ2) is 4.87. The Morgan fingerprint density at radius 2 is 1.76 bits per heavy atom. The summed E-state index contributed by atoms with van der Waals surface area (Å²) in [5, 5.41) is 6.36. The molecule has 0 spiro atoms. The number of nitrogens with zero attached hydrogens (tertiary/aromatic N) is 1. The molecular formula is C14H17N3. The number of aryl methyl sites for hydroxylation is 2. The van der Waals surface area contributed by atoms with E-state index >= 15 is 0 Å². The molecule has 17 heavy (non-hydrogen) atoms. The average Bonchev–Trinajstić information content (AvgIpc) is 2.34. The lowest BCUT2D eigenvalue weighted by molar-refractivity contribution is 1.26. The first-order valence-corrected chi connectivity index (χ1v) is 5.68. The smallest absolute Gasteiger partial charge is 0.132 e. The number of nitrogens with one attached hydrogen (secondary N) is 2. The largest absolute Gasteiger partial charge is 0.373 e. The van der Waals surface area contributed by atoms with Gasteiger partial charge in [-0.3, -0.25) is 0 Å². The Balaban J connectivity index is 2.27. The highest BCUT2D eigenvalue weighted by Crippen LogP contribution is 2.21. The summed E-state index contributed by atoms with van der Waals surface area (Å²) in [5.74, 6) is 1.71. The lowest BCUT2D eigenvalue weighted by Crippen LogP contribution is -1.98. The van der Waals surface area contributed by atoms with Crippen molar-refractivity contribution in [2.24, 2.45) is 0 Å². The van der Waals surface area contributed by atoms with Crippen molar-refractivity contribution in [2.45, 2.75) is 13.8 Å². The Morgan fingerprint density at radius 1 is 1.00 bits per heavy atom. The topological polar surface area (TPSA) is 37.0 Å². The fraction of sp³-hybridized carbons (Fsp3) is 0.214. The van der Waals surface area contributed by atoms with Gasteiger partial charge in [0, 0.05) is 12.7 Å². The minimum Gasteiger partial charge on any atom is -0.373 e. The Labute approximate surface area is 102 Å². The van der Waals surface area contributed by atoms with E-state index in [2.05, 4.69) is 47.7 Å². The van der Waals surface area contributed by atoms with Crippen LogP contribution < -0.4 is 10.6 Å². The van der Waals surface area contributed by atoms with Crippen molar-refractivity contribution < 1.29 is 0 Å². The van der Waals surface area contributed by atoms with E-state index in [1.165, 1.54) is 11.1 Å². The van der Waals surface area contributed by atoms with E-state index in [4.69, 9.17) is 0 Å². The summed E-state index contributed by atoms with van der Waals surface area (Å²) in [6.45, 7) is 4.17. The second-order valence-corrected chi connectivity index (χ2v) is 4.10. The molecule has 0 aliphatic heterocycles. The summed E-state index contributed by atoms with van der Waals surface area (Å²) in [7, 11) is 1.87. The summed E-state index contributed by atoms with van der Waals surface area (Å²) in [4.78, 5) is 4.44. The average molecular weight is 227 g/mol. The molecular weight excluding hydrogens is 210 g/mol. The number of aromatic nitrogens is 1. The number of hydrogen-bond acceptors (Lipinski definition) is 3. The molecule has 1 aromatic carbocycles. The van der Waals surface area contributed by atoms with Crippen LogP contribution in [0.1, 0.15) is 11.1 Å². The van der Waals surface area contributed by atoms with Gasteiger partial charge in [0.1, 0.15) is 11.6 Å². The third-order valence-electron chi connectivity index (χ3n) is 2.66. The van der Waals surface area contributed by atoms with Crippen LogP contribution in [0.3, 0.4) is 0 Å². The van der Waals surface area contributed by atoms with Gasteiger partial charge in [-0.25, -0.2) is 4.98 Å². The van der Waals surface area contributed by atoms with E-state index in [1.54, 1.807) is 0 Å². The van der Waals surface area contributed by atoms with Crippen LogP contribution in [0.15, 0.2) is 36.4 Å². The summed E-state index contributed by atoms with van der Waals surface area (Å²) in [6, 6.07) is 12.2. The van der Waals surface area contributed by atoms with Crippen LogP contribution in [-0.2, 0) is 0 Å². The number of rotatable bonds is 3. The predicted octanol–water partition coefficient (Wildman–Crippen LogP) is 3.48. The molecule has 1 heterocycles. The van der Waals surface area contributed by atoms with Gasteiger partial charge in [0.05, 0.1) is 0 Å². The molecule has 0 bridgehead atoms. The van der Waals surface area contributed by atoms with Crippen molar-refractivity contribution in [1.82, 2.24) is 4.98 Å². The lowest BCUT2D eigenvalue weighted by atomic mass is 10.1. The van der Waals surface area contributed by atoms with Gasteiger partial charge in [0.15, 0.2) is 0 Å². The van der Waals surface area contributed by atoms with Crippen molar-refractivity contribution in [2.75, 3.05) is 17.7 Å². The van der Waals surface area contributed by atoms with Crippen molar-refractivity contribution in [1.29, 1.82) is 0 Å². The molecule has 0 saturated carbocycles. The van der Waals surface area contributed by atoms with Crippen LogP contribution >= 0.6 is 0 Å². The molecule has 0 saturated heterocycles. The Hall–Kier alpha value is -2.03. The monoisotopic (exact) mass is 227 g/mol. The fourth-order valence-corrected chi connectivity index (χ4v) is 1.65. The first kappa shape index (κ1) is 11.5. The molecule has 2 aromatic rings. The van der Waals surface area contributed by atoms with Crippen LogP contribution in [-0.4, -0.2) is 12.0 Å². The summed E-state index contributed by atoms with van der Waals surface area (Å²) >= 11 is 0. The normalized spacial score (nSPS) is 10.1. The first-order chi connectivity index (χ1) is 8.19. The number of benzene rings is 1. The molecule has 1 aromatic heterocycles. The molecule has 3 nitrogen and oxygen atoms in total. The highest BCUT2D eigenvalue weighted by atomic mass is 15.1. The van der Waals surface area contributed by atoms with Gasteiger partial charge in [0.25, 0.3) is 0 Å². The molecule has 0 aliphatic carbocycles. The van der Waals surface area contributed by atoms with Crippen LogP contribution in [0.2, 0.25) is 0 Å². The van der Waals surface area contributed by atoms with E-state index in [0.717, 1.165) is 17.3 Å². The maximum atomic E-state index is 4.44. The van der Waals surface area contributed by atoms with E-state index in [-0.39, 0.29) is 0 Å². The number of hydrogen-bond donors (Lipinski definition) is 2.